The highest BCUT2D eigenvalue weighted by Gasteiger charge is 2.52. The van der Waals surface area contributed by atoms with Gasteiger partial charge >= 0.3 is 13.2 Å². The molecule has 7 heteroatoms. The van der Waals surface area contributed by atoms with Crippen molar-refractivity contribution in [1.82, 2.24) is 10.2 Å². The monoisotopic (exact) mass is 412 g/mol. The Bertz CT molecular complexity index is 797. The van der Waals surface area contributed by atoms with Gasteiger partial charge in [0.25, 0.3) is 0 Å². The van der Waals surface area contributed by atoms with Crippen molar-refractivity contribution in [2.24, 2.45) is 5.92 Å². The highest BCUT2D eigenvalue weighted by molar-refractivity contribution is 6.62. The lowest BCUT2D eigenvalue weighted by molar-refractivity contribution is -0.0342. The van der Waals surface area contributed by atoms with Crippen LogP contribution in [-0.4, -0.2) is 55.1 Å². The summed E-state index contributed by atoms with van der Waals surface area (Å²) in [5, 5.41) is 3.16. The van der Waals surface area contributed by atoms with Gasteiger partial charge in [0.2, 0.25) is 0 Å². The van der Waals surface area contributed by atoms with Crippen LogP contribution < -0.4 is 10.8 Å². The number of benzene rings is 1. The molecular weight excluding hydrogens is 379 g/mol. The first-order chi connectivity index (χ1) is 14.2. The minimum Gasteiger partial charge on any atom is -0.445 e. The van der Waals surface area contributed by atoms with Crippen molar-refractivity contribution in [3.05, 3.63) is 29.8 Å². The van der Waals surface area contributed by atoms with Crippen molar-refractivity contribution in [2.45, 2.75) is 76.2 Å². The van der Waals surface area contributed by atoms with Crippen molar-refractivity contribution >= 4 is 18.7 Å². The normalized spacial score (nSPS) is 32.7. The summed E-state index contributed by atoms with van der Waals surface area (Å²) < 4.78 is 18.1. The average Bonchev–Trinajstić information content (AvgIpc) is 3.44. The van der Waals surface area contributed by atoms with Gasteiger partial charge in [0.1, 0.15) is 6.10 Å². The van der Waals surface area contributed by atoms with Crippen molar-refractivity contribution in [3.63, 3.8) is 0 Å². The predicted octanol–water partition coefficient (Wildman–Crippen LogP) is 2.80. The highest BCUT2D eigenvalue weighted by atomic mass is 16.7. The number of carbonyl (C=O) groups excluding carboxylic acids is 1. The van der Waals surface area contributed by atoms with Gasteiger partial charge in [0.05, 0.1) is 16.7 Å². The lowest BCUT2D eigenvalue weighted by Gasteiger charge is -2.44. The molecule has 6 nitrogen and oxygen atoms in total. The molecule has 1 N–H and O–H groups in total. The van der Waals surface area contributed by atoms with Gasteiger partial charge in [-0.15, -0.1) is 0 Å². The molecule has 1 saturated carbocycles. The van der Waals surface area contributed by atoms with E-state index in [2.05, 4.69) is 62.2 Å². The van der Waals surface area contributed by atoms with E-state index < -0.39 is 0 Å². The quantitative estimate of drug-likeness (QED) is 0.771. The Hall–Kier alpha value is -1.57. The molecule has 1 atom stereocenters. The number of piperidine rings is 3. The van der Waals surface area contributed by atoms with Crippen molar-refractivity contribution in [1.29, 1.82) is 0 Å². The molecule has 4 saturated heterocycles. The van der Waals surface area contributed by atoms with Crippen molar-refractivity contribution < 1.29 is 18.8 Å². The number of alkyl carbamates (subject to hydrolysis) is 1. The summed E-state index contributed by atoms with van der Waals surface area (Å²) in [6.07, 6.45) is 3.93. The fourth-order valence-corrected chi connectivity index (χ4v) is 4.96. The summed E-state index contributed by atoms with van der Waals surface area (Å²) >= 11 is 0. The fraction of sp³-hybridized carbons (Fsp3) is 0.696. The molecule has 1 aromatic carbocycles. The van der Waals surface area contributed by atoms with E-state index in [0.717, 1.165) is 56.3 Å². The molecule has 1 unspecified atom stereocenters. The van der Waals surface area contributed by atoms with Gasteiger partial charge in [-0.3, -0.25) is 4.90 Å². The smallest absolute Gasteiger partial charge is 0.445 e. The summed E-state index contributed by atoms with van der Waals surface area (Å²) in [6.45, 7) is 11.4. The van der Waals surface area contributed by atoms with Gasteiger partial charge < -0.3 is 19.4 Å². The second-order valence-corrected chi connectivity index (χ2v) is 10.5. The van der Waals surface area contributed by atoms with E-state index in [1.54, 1.807) is 0 Å². The summed E-state index contributed by atoms with van der Waals surface area (Å²) in [4.78, 5) is 15.0. The van der Waals surface area contributed by atoms with Gasteiger partial charge in [-0.1, -0.05) is 24.3 Å². The van der Waals surface area contributed by atoms with E-state index >= 15 is 0 Å². The maximum Gasteiger partial charge on any atom is 0.494 e. The van der Waals surface area contributed by atoms with Gasteiger partial charge in [-0.2, -0.15) is 0 Å². The van der Waals surface area contributed by atoms with Crippen LogP contribution >= 0.6 is 0 Å². The van der Waals surface area contributed by atoms with Crippen molar-refractivity contribution in [2.75, 3.05) is 19.6 Å². The number of amides is 1. The zero-order valence-corrected chi connectivity index (χ0v) is 18.6. The Labute approximate surface area is 179 Å². The first-order valence-corrected chi connectivity index (χ1v) is 11.3. The summed E-state index contributed by atoms with van der Waals surface area (Å²) in [5.74, 6) is 0.523. The molecule has 2 bridgehead atoms. The maximum absolute atomic E-state index is 12.6. The molecule has 1 aliphatic carbocycles. The minimum absolute atomic E-state index is 0.0362. The van der Waals surface area contributed by atoms with Crippen LogP contribution in [0, 0.1) is 5.92 Å². The highest BCUT2D eigenvalue weighted by Crippen LogP contribution is 2.45. The predicted molar refractivity (Wildman–Crippen MR) is 116 cm³/mol. The number of hydrogen-bond donors (Lipinski definition) is 1. The van der Waals surface area contributed by atoms with Crippen LogP contribution in [0.5, 0.6) is 0 Å². The molecule has 0 spiro atoms. The Balaban J connectivity index is 1.22. The number of ether oxygens (including phenoxy) is 1. The summed E-state index contributed by atoms with van der Waals surface area (Å²) in [5.41, 5.74) is 1.12. The van der Waals surface area contributed by atoms with Crippen LogP contribution in [0.2, 0.25) is 0 Å². The van der Waals surface area contributed by atoms with E-state index in [-0.39, 0.29) is 36.1 Å². The second kappa shape index (κ2) is 6.97. The molecule has 0 radical (unpaired) electrons. The third-order valence-corrected chi connectivity index (χ3v) is 7.93. The van der Waals surface area contributed by atoms with Gasteiger partial charge in [0.15, 0.2) is 0 Å². The third-order valence-electron chi connectivity index (χ3n) is 7.93. The molecule has 5 fully saturated rings. The molecule has 4 heterocycles. The zero-order chi connectivity index (χ0) is 21.1. The summed E-state index contributed by atoms with van der Waals surface area (Å²) in [7, 11) is -0.367. The van der Waals surface area contributed by atoms with Crippen LogP contribution in [0.1, 0.15) is 58.9 Å². The van der Waals surface area contributed by atoms with Crippen LogP contribution in [0.4, 0.5) is 4.79 Å². The molecule has 0 aromatic heterocycles. The van der Waals surface area contributed by atoms with Crippen LogP contribution in [0.15, 0.2) is 24.3 Å². The van der Waals surface area contributed by atoms with E-state index in [1.807, 2.05) is 0 Å². The first-order valence-electron chi connectivity index (χ1n) is 11.3. The number of rotatable bonds is 4. The van der Waals surface area contributed by atoms with Crippen LogP contribution in [0.25, 0.3) is 0 Å². The fourth-order valence-electron chi connectivity index (χ4n) is 4.96. The number of hydrogen-bond acceptors (Lipinski definition) is 5. The van der Waals surface area contributed by atoms with Gasteiger partial charge in [-0.05, 0) is 83.4 Å². The minimum atomic E-state index is -0.367. The Kier molecular flexibility index (Phi) is 4.73. The SMILES string of the molecule is CC1(C)OB(c2ccc(C3(NC(=O)OC4CN5CCC4CC5)CC3)cc2)OC1(C)C. The molecule has 4 aliphatic heterocycles. The molecule has 5 aliphatic rings. The molecule has 162 valence electrons. The van der Waals surface area contributed by atoms with Crippen molar-refractivity contribution in [3.8, 4) is 0 Å². The lowest BCUT2D eigenvalue weighted by atomic mass is 9.78. The van der Waals surface area contributed by atoms with E-state index in [0.29, 0.717) is 5.92 Å². The van der Waals surface area contributed by atoms with E-state index in [9.17, 15) is 4.79 Å². The Morgan fingerprint density at radius 2 is 1.67 bits per heavy atom. The Morgan fingerprint density at radius 3 is 2.17 bits per heavy atom. The standard InChI is InChI=1S/C23H33BN2O4/c1-21(2)22(3,4)30-24(29-21)18-7-5-17(6-8-18)23(11-12-23)25-20(27)28-19-15-26-13-9-16(19)10-14-26/h5-8,16,19H,9-15H2,1-4H3,(H,25,27). The first kappa shape index (κ1) is 20.3. The molecular formula is C23H33BN2O4. The van der Waals surface area contributed by atoms with E-state index in [4.69, 9.17) is 14.0 Å². The Morgan fingerprint density at radius 1 is 1.07 bits per heavy atom. The largest absolute Gasteiger partial charge is 0.494 e. The molecule has 30 heavy (non-hydrogen) atoms. The molecule has 6 rings (SSSR count). The lowest BCUT2D eigenvalue weighted by Crippen LogP contribution is -2.53. The topological polar surface area (TPSA) is 60.0 Å². The van der Waals surface area contributed by atoms with Gasteiger partial charge in [-0.25, -0.2) is 4.79 Å². The second-order valence-electron chi connectivity index (χ2n) is 10.5. The summed E-state index contributed by atoms with van der Waals surface area (Å²) in [6, 6.07) is 8.28. The van der Waals surface area contributed by atoms with E-state index in [1.165, 1.54) is 0 Å². The van der Waals surface area contributed by atoms with Crippen LogP contribution in [-0.2, 0) is 19.6 Å². The van der Waals surface area contributed by atoms with Crippen LogP contribution in [0.3, 0.4) is 0 Å². The molecule has 1 amide bonds. The average molecular weight is 412 g/mol. The zero-order valence-electron chi connectivity index (χ0n) is 18.6. The number of carbonyl (C=O) groups is 1. The number of nitrogens with zero attached hydrogens (tertiary/aromatic N) is 1. The molecule has 1 aromatic rings. The third kappa shape index (κ3) is 3.55. The van der Waals surface area contributed by atoms with Gasteiger partial charge in [0, 0.05) is 6.54 Å². The number of fused-ring (bicyclic) bond motifs is 3. The number of nitrogens with one attached hydrogen (secondary N) is 1. The maximum atomic E-state index is 12.6.